The molecule has 0 amide bonds. The van der Waals surface area contributed by atoms with Gasteiger partial charge in [0.1, 0.15) is 13.1 Å². The molecular formula is C7H14ClF6N2OP. The molecule has 0 aromatic rings. The van der Waals surface area contributed by atoms with Crippen LogP contribution >= 0.6 is 19.4 Å². The first-order valence-electron chi connectivity index (χ1n) is 4.75. The number of hydrogen-bond donors (Lipinski definition) is 0. The average molecular weight is 323 g/mol. The molecule has 3 nitrogen and oxygen atoms in total. The van der Waals surface area contributed by atoms with E-state index >= 15 is 0 Å². The molecule has 0 aromatic heterocycles. The van der Waals surface area contributed by atoms with Gasteiger partial charge in [0.15, 0.2) is 0 Å². The molecule has 0 aromatic carbocycles. The maximum atomic E-state index is 9.87. The average Bonchev–Trinajstić information content (AvgIpc) is 2.13. The van der Waals surface area contributed by atoms with Crippen molar-refractivity contribution in [2.75, 3.05) is 40.4 Å². The van der Waals surface area contributed by atoms with E-state index in [1.165, 1.54) is 0 Å². The number of ether oxygens (including phenoxy) is 1. The summed E-state index contributed by atoms with van der Waals surface area (Å²) in [5.41, 5.74) is 0. The van der Waals surface area contributed by atoms with Crippen LogP contribution in [0, 0.1) is 0 Å². The van der Waals surface area contributed by atoms with Gasteiger partial charge in [-0.05, 0) is 0 Å². The molecule has 1 rings (SSSR count). The van der Waals surface area contributed by atoms with Crippen LogP contribution in [0.1, 0.15) is 0 Å². The third-order valence-electron chi connectivity index (χ3n) is 1.64. The van der Waals surface area contributed by atoms with Crippen molar-refractivity contribution < 1.29 is 34.5 Å². The van der Waals surface area contributed by atoms with E-state index in [1.54, 1.807) is 0 Å². The standard InChI is InChI=1S/C7H14ClN2O.F6P/c1-9(2)7(8)10-3-5-11-6-4-10;1-7(2,3,4,5)6/h3-6H2,1-2H3;/q+1;-1. The summed E-state index contributed by atoms with van der Waals surface area (Å²) in [7, 11) is -6.77. The Bertz CT molecular complexity index is 307. The quantitative estimate of drug-likeness (QED) is 0.169. The van der Waals surface area contributed by atoms with E-state index in [9.17, 15) is 25.2 Å². The van der Waals surface area contributed by atoms with E-state index in [0.29, 0.717) is 0 Å². The zero-order valence-electron chi connectivity index (χ0n) is 9.72. The van der Waals surface area contributed by atoms with E-state index in [0.717, 1.165) is 31.6 Å². The fourth-order valence-corrected chi connectivity index (χ4v) is 1.20. The van der Waals surface area contributed by atoms with Crippen LogP contribution in [0.25, 0.3) is 0 Å². The third kappa shape index (κ3) is 13.8. The van der Waals surface area contributed by atoms with Gasteiger partial charge in [-0.25, -0.2) is 4.90 Å². The zero-order chi connectivity index (χ0) is 14.7. The molecule has 112 valence electrons. The Hall–Kier alpha value is -0.270. The Morgan fingerprint density at radius 2 is 1.39 bits per heavy atom. The first-order valence-corrected chi connectivity index (χ1v) is 7.16. The van der Waals surface area contributed by atoms with Crippen LogP contribution in [-0.4, -0.2) is 55.2 Å². The molecule has 0 N–H and O–H groups in total. The summed E-state index contributed by atoms with van der Waals surface area (Å²) < 4.78 is 66.3. The van der Waals surface area contributed by atoms with E-state index in [4.69, 9.17) is 16.3 Å². The molecule has 0 bridgehead atoms. The SMILES string of the molecule is C[N+](C)=C(Cl)N1CCOCC1.F[P-](F)(F)(F)(F)F. The molecule has 0 unspecified atom stereocenters. The van der Waals surface area contributed by atoms with E-state index in [2.05, 4.69) is 4.90 Å². The summed E-state index contributed by atoms with van der Waals surface area (Å²) in [5, 5.41) is 0.799. The van der Waals surface area contributed by atoms with Gasteiger partial charge < -0.3 is 4.74 Å². The molecule has 0 radical (unpaired) electrons. The maximum absolute atomic E-state index is 10.7. The summed E-state index contributed by atoms with van der Waals surface area (Å²) >= 11 is 6.01. The fraction of sp³-hybridized carbons (Fsp3) is 0.857. The van der Waals surface area contributed by atoms with Gasteiger partial charge in [0.25, 0.3) is 0 Å². The second kappa shape index (κ2) is 5.02. The minimum atomic E-state index is -10.7. The number of amidine groups is 1. The first kappa shape index (κ1) is 17.7. The second-order valence-corrected chi connectivity index (χ2v) is 5.98. The molecular weight excluding hydrogens is 309 g/mol. The Morgan fingerprint density at radius 3 is 1.67 bits per heavy atom. The summed E-state index contributed by atoms with van der Waals surface area (Å²) in [4.78, 5) is 2.12. The van der Waals surface area contributed by atoms with E-state index in [1.807, 2.05) is 18.7 Å². The number of hydrogen-bond acceptors (Lipinski definition) is 1. The van der Waals surface area contributed by atoms with Gasteiger partial charge >= 0.3 is 38.3 Å². The van der Waals surface area contributed by atoms with Gasteiger partial charge in [-0.2, -0.15) is 0 Å². The predicted octanol–water partition coefficient (Wildman–Crippen LogP) is 3.57. The molecule has 1 heterocycles. The topological polar surface area (TPSA) is 15.5 Å². The molecule has 1 saturated heterocycles. The number of halogens is 7. The van der Waals surface area contributed by atoms with Crippen LogP contribution in [0.15, 0.2) is 0 Å². The molecule has 18 heavy (non-hydrogen) atoms. The molecule has 0 atom stereocenters. The van der Waals surface area contributed by atoms with Crippen molar-refractivity contribution in [3.63, 3.8) is 0 Å². The number of morpholine rings is 1. The van der Waals surface area contributed by atoms with Crippen molar-refractivity contribution in [3.05, 3.63) is 0 Å². The van der Waals surface area contributed by atoms with Crippen LogP contribution in [0.2, 0.25) is 0 Å². The van der Waals surface area contributed by atoms with Crippen LogP contribution in [0.3, 0.4) is 0 Å². The molecule has 0 aliphatic carbocycles. The van der Waals surface area contributed by atoms with Crippen LogP contribution in [0.5, 0.6) is 0 Å². The monoisotopic (exact) mass is 322 g/mol. The molecule has 1 aliphatic heterocycles. The Balaban J connectivity index is 0.000000360. The van der Waals surface area contributed by atoms with Crippen molar-refractivity contribution in [1.82, 2.24) is 4.90 Å². The normalized spacial score (nSPS) is 20.2. The van der Waals surface area contributed by atoms with Gasteiger partial charge in [-0.15, -0.1) is 0 Å². The van der Waals surface area contributed by atoms with Crippen molar-refractivity contribution in [3.8, 4) is 0 Å². The van der Waals surface area contributed by atoms with E-state index < -0.39 is 7.81 Å². The zero-order valence-corrected chi connectivity index (χ0v) is 11.4. The molecule has 0 spiro atoms. The van der Waals surface area contributed by atoms with E-state index in [-0.39, 0.29) is 0 Å². The summed E-state index contributed by atoms with van der Waals surface area (Å²) in [6.07, 6.45) is 0. The van der Waals surface area contributed by atoms with Gasteiger partial charge in [-0.1, -0.05) is 0 Å². The summed E-state index contributed by atoms with van der Waals surface area (Å²) in [5.74, 6) is 0. The Labute approximate surface area is 105 Å². The van der Waals surface area contributed by atoms with Crippen molar-refractivity contribution >= 4 is 24.7 Å². The molecule has 0 saturated carbocycles. The number of nitrogens with zero attached hydrogens (tertiary/aromatic N) is 2. The van der Waals surface area contributed by atoms with Gasteiger partial charge in [-0.3, -0.25) is 4.58 Å². The van der Waals surface area contributed by atoms with Gasteiger partial charge in [0.2, 0.25) is 0 Å². The van der Waals surface area contributed by atoms with Crippen LogP contribution < -0.4 is 0 Å². The van der Waals surface area contributed by atoms with Crippen molar-refractivity contribution in [2.45, 2.75) is 0 Å². The Kier molecular flexibility index (Phi) is 4.94. The summed E-state index contributed by atoms with van der Waals surface area (Å²) in [6.45, 7) is 3.36. The molecule has 1 fully saturated rings. The van der Waals surface area contributed by atoms with Crippen molar-refractivity contribution in [2.24, 2.45) is 0 Å². The van der Waals surface area contributed by atoms with Gasteiger partial charge in [0.05, 0.1) is 27.3 Å². The Morgan fingerprint density at radius 1 is 1.06 bits per heavy atom. The fourth-order valence-electron chi connectivity index (χ4n) is 1.03. The molecule has 1 aliphatic rings. The number of rotatable bonds is 0. The second-order valence-electron chi connectivity index (χ2n) is 3.72. The van der Waals surface area contributed by atoms with Crippen LogP contribution in [-0.2, 0) is 4.74 Å². The third-order valence-corrected chi connectivity index (χ3v) is 2.22. The summed E-state index contributed by atoms with van der Waals surface area (Å²) in [6, 6.07) is 0. The predicted molar refractivity (Wildman–Crippen MR) is 58.9 cm³/mol. The van der Waals surface area contributed by atoms with Crippen molar-refractivity contribution in [1.29, 1.82) is 0 Å². The molecule has 11 heteroatoms. The van der Waals surface area contributed by atoms with Crippen LogP contribution in [0.4, 0.5) is 25.2 Å². The minimum absolute atomic E-state index is 0.782. The van der Waals surface area contributed by atoms with Gasteiger partial charge in [0, 0.05) is 11.6 Å². The first-order chi connectivity index (χ1) is 7.66.